The lowest BCUT2D eigenvalue weighted by atomic mass is 9.77. The first kappa shape index (κ1) is 24.4. The average molecular weight is 528 g/mol. The molecule has 4 atom stereocenters. The molecule has 0 spiro atoms. The number of carbonyl (C=O) groups is 4. The van der Waals surface area contributed by atoms with Crippen LogP contribution in [0.3, 0.4) is 0 Å². The molecule has 3 aliphatic heterocycles. The number of likely N-dealkylation sites (tertiary alicyclic amines) is 1. The van der Waals surface area contributed by atoms with E-state index in [0.717, 1.165) is 21.6 Å². The molecule has 0 aromatic heterocycles. The molecule has 3 aromatic carbocycles. The molecule has 6 rings (SSSR count). The van der Waals surface area contributed by atoms with Crippen LogP contribution in [0.5, 0.6) is 0 Å². The molecule has 0 saturated carbocycles. The van der Waals surface area contributed by atoms with E-state index in [1.807, 2.05) is 61.5 Å². The van der Waals surface area contributed by atoms with Gasteiger partial charge < -0.3 is 4.90 Å². The fraction of sp³-hybridized carbons (Fsp3) is 0.267. The highest BCUT2D eigenvalue weighted by Crippen LogP contribution is 2.60. The molecule has 3 aliphatic rings. The first-order valence-corrected chi connectivity index (χ1v) is 13.1. The van der Waals surface area contributed by atoms with Gasteiger partial charge in [-0.2, -0.15) is 0 Å². The van der Waals surface area contributed by atoms with Crippen molar-refractivity contribution in [2.45, 2.75) is 38.4 Å². The number of imide groups is 2. The maximum atomic E-state index is 14.3. The van der Waals surface area contributed by atoms with E-state index in [4.69, 9.17) is 11.6 Å². The molecule has 8 heteroatoms. The van der Waals surface area contributed by atoms with E-state index in [0.29, 0.717) is 10.7 Å². The second kappa shape index (κ2) is 8.81. The lowest BCUT2D eigenvalue weighted by Crippen LogP contribution is -2.53. The molecule has 38 heavy (non-hydrogen) atoms. The molecule has 0 bridgehead atoms. The summed E-state index contributed by atoms with van der Waals surface area (Å²) in [5.41, 5.74) is 1.35. The molecular weight excluding hydrogens is 502 g/mol. The number of nitrogens with zero attached hydrogens (tertiary/aromatic N) is 3. The van der Waals surface area contributed by atoms with Crippen molar-refractivity contribution in [2.24, 2.45) is 11.8 Å². The van der Waals surface area contributed by atoms with Gasteiger partial charge in [0, 0.05) is 5.02 Å². The van der Waals surface area contributed by atoms with Crippen LogP contribution >= 0.6 is 11.6 Å². The lowest BCUT2D eigenvalue weighted by Gasteiger charge is -2.34. The van der Waals surface area contributed by atoms with Gasteiger partial charge in [0.2, 0.25) is 11.8 Å². The number of anilines is 1. The standard InChI is InChI=1S/C30H26ClN3O4/c1-3-30-24-23(26(35)32(27(24)36)17-19-10-5-4-6-11-19)25(20-12-7-9-18(2)15-20)34(30)29(38)33(28(30)37)22-14-8-13-21(31)16-22/h4-16,23-25H,3,17H2,1-2H3/t23?,24?,25?,30-/m1/s1. The summed E-state index contributed by atoms with van der Waals surface area (Å²) in [6.45, 7) is 3.85. The van der Waals surface area contributed by atoms with E-state index in [1.54, 1.807) is 31.2 Å². The van der Waals surface area contributed by atoms with Crippen LogP contribution in [0, 0.1) is 18.8 Å². The number of halogens is 1. The Morgan fingerprint density at radius 1 is 0.868 bits per heavy atom. The van der Waals surface area contributed by atoms with Crippen LogP contribution in [0.2, 0.25) is 5.02 Å². The number of fused-ring (bicyclic) bond motifs is 3. The van der Waals surface area contributed by atoms with E-state index in [2.05, 4.69) is 0 Å². The number of amides is 5. The molecule has 0 aliphatic carbocycles. The Hall–Kier alpha value is -3.97. The van der Waals surface area contributed by atoms with Crippen molar-refractivity contribution in [3.8, 4) is 0 Å². The van der Waals surface area contributed by atoms with E-state index >= 15 is 0 Å². The van der Waals surface area contributed by atoms with Crippen LogP contribution in [0.25, 0.3) is 0 Å². The summed E-state index contributed by atoms with van der Waals surface area (Å²) in [4.78, 5) is 60.4. The van der Waals surface area contributed by atoms with Crippen LogP contribution in [0.15, 0.2) is 78.9 Å². The molecule has 5 amide bonds. The molecule has 7 nitrogen and oxygen atoms in total. The molecule has 3 fully saturated rings. The van der Waals surface area contributed by atoms with E-state index in [-0.39, 0.29) is 18.9 Å². The fourth-order valence-electron chi connectivity index (χ4n) is 6.56. The number of benzene rings is 3. The summed E-state index contributed by atoms with van der Waals surface area (Å²) in [6.07, 6.45) is 0.191. The number of carbonyl (C=O) groups excluding carboxylic acids is 4. The maximum Gasteiger partial charge on any atom is 0.332 e. The highest BCUT2D eigenvalue weighted by molar-refractivity contribution is 6.32. The minimum atomic E-state index is -1.49. The topological polar surface area (TPSA) is 78.0 Å². The zero-order valence-electron chi connectivity index (χ0n) is 21.0. The van der Waals surface area contributed by atoms with E-state index < -0.39 is 41.3 Å². The third-order valence-electron chi connectivity index (χ3n) is 8.15. The van der Waals surface area contributed by atoms with Gasteiger partial charge in [-0.15, -0.1) is 0 Å². The first-order valence-electron chi connectivity index (χ1n) is 12.7. The molecule has 0 radical (unpaired) electrons. The van der Waals surface area contributed by atoms with Crippen molar-refractivity contribution < 1.29 is 19.2 Å². The highest BCUT2D eigenvalue weighted by Gasteiger charge is 2.76. The van der Waals surface area contributed by atoms with Gasteiger partial charge >= 0.3 is 6.03 Å². The predicted octanol–water partition coefficient (Wildman–Crippen LogP) is 5.12. The SMILES string of the molecule is CC[C@@]12C(=O)N(c3cccc(Cl)c3)C(=O)N1C(c1cccc(C)c1)C1C(=O)N(Cc3ccccc3)C(=O)C12. The van der Waals surface area contributed by atoms with Gasteiger partial charge in [-0.25, -0.2) is 9.69 Å². The van der Waals surface area contributed by atoms with Gasteiger partial charge in [-0.3, -0.25) is 19.3 Å². The lowest BCUT2D eigenvalue weighted by molar-refractivity contribution is -0.145. The van der Waals surface area contributed by atoms with Gasteiger partial charge in [-0.05, 0) is 42.7 Å². The number of hydrogen-bond acceptors (Lipinski definition) is 4. The van der Waals surface area contributed by atoms with Crippen LogP contribution in [-0.4, -0.2) is 39.1 Å². The number of rotatable bonds is 5. The Balaban J connectivity index is 1.53. The van der Waals surface area contributed by atoms with Crippen molar-refractivity contribution in [3.63, 3.8) is 0 Å². The van der Waals surface area contributed by atoms with Crippen LogP contribution in [0.4, 0.5) is 10.5 Å². The monoisotopic (exact) mass is 527 g/mol. The third-order valence-corrected chi connectivity index (χ3v) is 8.38. The summed E-state index contributed by atoms with van der Waals surface area (Å²) in [7, 11) is 0. The molecule has 3 saturated heterocycles. The largest absolute Gasteiger partial charge is 0.332 e. The van der Waals surface area contributed by atoms with Crippen LogP contribution < -0.4 is 4.90 Å². The van der Waals surface area contributed by atoms with Gasteiger partial charge in [0.1, 0.15) is 5.54 Å². The molecule has 3 unspecified atom stereocenters. The quantitative estimate of drug-likeness (QED) is 0.341. The third kappa shape index (κ3) is 3.28. The molecular formula is C30H26ClN3O4. The fourth-order valence-corrected chi connectivity index (χ4v) is 6.75. The number of urea groups is 1. The van der Waals surface area contributed by atoms with Gasteiger partial charge in [0.05, 0.1) is 30.1 Å². The summed E-state index contributed by atoms with van der Waals surface area (Å²) < 4.78 is 0. The van der Waals surface area contributed by atoms with Crippen molar-refractivity contribution in [2.75, 3.05) is 4.90 Å². The van der Waals surface area contributed by atoms with Gasteiger partial charge in [0.15, 0.2) is 0 Å². The average Bonchev–Trinajstić information content (AvgIpc) is 3.44. The molecule has 0 N–H and O–H groups in total. The molecule has 3 aromatic rings. The molecule has 3 heterocycles. The van der Waals surface area contributed by atoms with E-state index in [9.17, 15) is 19.2 Å². The normalized spacial score (nSPS) is 26.4. The van der Waals surface area contributed by atoms with Crippen LogP contribution in [-0.2, 0) is 20.9 Å². The second-order valence-electron chi connectivity index (χ2n) is 10.2. The summed E-state index contributed by atoms with van der Waals surface area (Å²) in [5.74, 6) is -3.12. The van der Waals surface area contributed by atoms with Crippen molar-refractivity contribution in [1.82, 2.24) is 9.80 Å². The zero-order valence-corrected chi connectivity index (χ0v) is 21.8. The number of hydrogen-bond donors (Lipinski definition) is 0. The molecule has 192 valence electrons. The van der Waals surface area contributed by atoms with Crippen molar-refractivity contribution >= 4 is 41.0 Å². The van der Waals surface area contributed by atoms with Gasteiger partial charge in [0.25, 0.3) is 5.91 Å². The zero-order chi connectivity index (χ0) is 26.8. The Bertz CT molecular complexity index is 1490. The summed E-state index contributed by atoms with van der Waals surface area (Å²) >= 11 is 6.21. The van der Waals surface area contributed by atoms with Gasteiger partial charge in [-0.1, -0.05) is 84.8 Å². The van der Waals surface area contributed by atoms with E-state index in [1.165, 1.54) is 9.80 Å². The Morgan fingerprint density at radius 2 is 1.61 bits per heavy atom. The summed E-state index contributed by atoms with van der Waals surface area (Å²) in [6, 6.07) is 22.1. The summed E-state index contributed by atoms with van der Waals surface area (Å²) in [5, 5.41) is 0.384. The van der Waals surface area contributed by atoms with Crippen LogP contribution in [0.1, 0.15) is 36.1 Å². The minimum Gasteiger partial charge on any atom is -0.300 e. The predicted molar refractivity (Wildman–Crippen MR) is 142 cm³/mol. The Kier molecular flexibility index (Phi) is 5.65. The minimum absolute atomic E-state index is 0.117. The highest BCUT2D eigenvalue weighted by atomic mass is 35.5. The number of aryl methyl sites for hydroxylation is 1. The smallest absolute Gasteiger partial charge is 0.300 e. The Morgan fingerprint density at radius 3 is 2.29 bits per heavy atom. The maximum absolute atomic E-state index is 14.3. The second-order valence-corrected chi connectivity index (χ2v) is 10.6. The van der Waals surface area contributed by atoms with Crippen molar-refractivity contribution in [3.05, 3.63) is 101 Å². The first-order chi connectivity index (χ1) is 18.3. The van der Waals surface area contributed by atoms with Crippen molar-refractivity contribution in [1.29, 1.82) is 0 Å². The Labute approximate surface area is 225 Å².